The molecule has 1 saturated heterocycles. The molecule has 2 aromatic heterocycles. The van der Waals surface area contributed by atoms with Gasteiger partial charge in [-0.3, -0.25) is 4.79 Å². The minimum atomic E-state index is -2.66. The Balaban J connectivity index is 1.29. The van der Waals surface area contributed by atoms with Crippen LogP contribution in [0.2, 0.25) is 5.02 Å². The molecule has 0 bridgehead atoms. The summed E-state index contributed by atoms with van der Waals surface area (Å²) in [5, 5.41) is 21.7. The minimum Gasteiger partial charge on any atom is -0.403 e. The van der Waals surface area contributed by atoms with Crippen molar-refractivity contribution >= 4 is 34.6 Å². The summed E-state index contributed by atoms with van der Waals surface area (Å²) in [5.41, 5.74) is 0.456. The molecule has 0 unspecified atom stereocenters. The van der Waals surface area contributed by atoms with E-state index in [1.54, 1.807) is 19.1 Å². The second-order valence-electron chi connectivity index (χ2n) is 7.57. The Kier molecular flexibility index (Phi) is 3.83. The Morgan fingerprint density at radius 3 is 2.83 bits per heavy atom. The molecule has 1 spiro atoms. The second kappa shape index (κ2) is 6.09. The molecule has 152 valence electrons. The second-order valence-corrected chi connectivity index (χ2v) is 7.97. The van der Waals surface area contributed by atoms with Crippen LogP contribution in [-0.4, -0.2) is 61.5 Å². The fourth-order valence-corrected chi connectivity index (χ4v) is 4.06. The molecule has 0 radical (unpaired) electrons. The van der Waals surface area contributed by atoms with Crippen molar-refractivity contribution in [2.45, 2.75) is 31.7 Å². The average Bonchev–Trinajstić information content (AvgIpc) is 3.23. The maximum atomic E-state index is 13.5. The van der Waals surface area contributed by atoms with Gasteiger partial charge >= 0.3 is 6.01 Å². The smallest absolute Gasteiger partial charge is 0.316 e. The van der Waals surface area contributed by atoms with Crippen LogP contribution in [0.5, 0.6) is 0 Å². The van der Waals surface area contributed by atoms with E-state index >= 15 is 0 Å². The summed E-state index contributed by atoms with van der Waals surface area (Å²) < 4.78 is 32.7. The van der Waals surface area contributed by atoms with Crippen molar-refractivity contribution < 1.29 is 18.0 Å². The van der Waals surface area contributed by atoms with Gasteiger partial charge in [-0.25, -0.2) is 8.78 Å². The Labute approximate surface area is 167 Å². The molecule has 5 rings (SSSR count). The zero-order valence-corrected chi connectivity index (χ0v) is 16.0. The van der Waals surface area contributed by atoms with E-state index in [0.717, 1.165) is 0 Å². The van der Waals surface area contributed by atoms with Crippen LogP contribution in [-0.2, 0) is 4.79 Å². The van der Waals surface area contributed by atoms with E-state index < -0.39 is 17.4 Å². The first-order chi connectivity index (χ1) is 13.8. The molecule has 12 heteroatoms. The molecule has 2 aliphatic rings. The van der Waals surface area contributed by atoms with Crippen LogP contribution in [0.15, 0.2) is 16.5 Å². The number of aromatic nitrogens is 5. The number of halogens is 3. The summed E-state index contributed by atoms with van der Waals surface area (Å²) in [4.78, 5) is 14.1. The van der Waals surface area contributed by atoms with Crippen molar-refractivity contribution in [3.8, 4) is 11.5 Å². The fourth-order valence-electron chi connectivity index (χ4n) is 3.87. The van der Waals surface area contributed by atoms with Crippen molar-refractivity contribution in [2.75, 3.05) is 18.4 Å². The Bertz CT molecular complexity index is 1120. The van der Waals surface area contributed by atoms with E-state index in [0.29, 0.717) is 34.6 Å². The number of benzene rings is 1. The highest BCUT2D eigenvalue weighted by atomic mass is 35.5. The number of nitrogens with zero attached hydrogens (tertiary/aromatic N) is 5. The molecule has 3 aromatic rings. The van der Waals surface area contributed by atoms with Crippen molar-refractivity contribution in [1.29, 1.82) is 0 Å². The van der Waals surface area contributed by atoms with Crippen LogP contribution < -0.4 is 5.32 Å². The molecule has 1 saturated carbocycles. The van der Waals surface area contributed by atoms with Gasteiger partial charge in [-0.2, -0.15) is 15.4 Å². The monoisotopic (exact) mass is 423 g/mol. The number of fused-ring (bicyclic) bond motifs is 1. The SMILES string of the molecule is C[C@H](Nc1nnc(-c2ccc(Cl)c3n[nH]nc23)o1)C(=O)N1CC[C@@]2(C1)CC2(F)F. The fraction of sp³-hybridized carbons (Fsp3) is 0.471. The van der Waals surface area contributed by atoms with Crippen LogP contribution in [0.4, 0.5) is 14.8 Å². The molecule has 3 heterocycles. The molecule has 2 fully saturated rings. The normalized spacial score (nSPS) is 23.7. The number of hydrogen-bond donors (Lipinski definition) is 2. The van der Waals surface area contributed by atoms with Crippen LogP contribution in [0.25, 0.3) is 22.5 Å². The number of hydrogen-bond acceptors (Lipinski definition) is 7. The van der Waals surface area contributed by atoms with Gasteiger partial charge in [0.15, 0.2) is 0 Å². The predicted molar refractivity (Wildman–Crippen MR) is 98.5 cm³/mol. The highest BCUT2D eigenvalue weighted by Crippen LogP contribution is 2.65. The van der Waals surface area contributed by atoms with E-state index in [1.165, 1.54) is 4.90 Å². The molecule has 29 heavy (non-hydrogen) atoms. The van der Waals surface area contributed by atoms with Gasteiger partial charge in [-0.15, -0.1) is 5.10 Å². The lowest BCUT2D eigenvalue weighted by molar-refractivity contribution is -0.131. The molecule has 1 amide bonds. The summed E-state index contributed by atoms with van der Waals surface area (Å²) in [5.74, 6) is -2.76. The number of amides is 1. The largest absolute Gasteiger partial charge is 0.403 e. The third-order valence-electron chi connectivity index (χ3n) is 5.67. The van der Waals surface area contributed by atoms with Gasteiger partial charge in [0, 0.05) is 19.5 Å². The summed E-state index contributed by atoms with van der Waals surface area (Å²) in [6.07, 6.45) is 0.184. The third-order valence-corrected chi connectivity index (χ3v) is 5.97. The molecule has 1 aliphatic carbocycles. The molecule has 2 atom stereocenters. The molecule has 2 N–H and O–H groups in total. The van der Waals surface area contributed by atoms with Gasteiger partial charge in [-0.05, 0) is 25.5 Å². The van der Waals surface area contributed by atoms with E-state index in [9.17, 15) is 13.6 Å². The third kappa shape index (κ3) is 2.83. The number of aromatic amines is 1. The summed E-state index contributed by atoms with van der Waals surface area (Å²) >= 11 is 6.08. The average molecular weight is 424 g/mol. The number of anilines is 1. The summed E-state index contributed by atoms with van der Waals surface area (Å²) in [6.45, 7) is 2.03. The molecular weight excluding hydrogens is 408 g/mol. The first-order valence-corrected chi connectivity index (χ1v) is 9.43. The molecule has 9 nitrogen and oxygen atoms in total. The summed E-state index contributed by atoms with van der Waals surface area (Å²) in [6, 6.07) is 2.65. The lowest BCUT2D eigenvalue weighted by atomic mass is 10.1. The first kappa shape index (κ1) is 18.2. The maximum Gasteiger partial charge on any atom is 0.316 e. The van der Waals surface area contributed by atoms with Gasteiger partial charge in [0.1, 0.15) is 17.1 Å². The Morgan fingerprint density at radius 2 is 2.10 bits per heavy atom. The number of alkyl halides is 2. The minimum absolute atomic E-state index is 0.0399. The van der Waals surface area contributed by atoms with Crippen molar-refractivity contribution in [1.82, 2.24) is 30.5 Å². The number of nitrogens with one attached hydrogen (secondary N) is 2. The highest BCUT2D eigenvalue weighted by molar-refractivity contribution is 6.35. The van der Waals surface area contributed by atoms with E-state index in [4.69, 9.17) is 16.0 Å². The number of likely N-dealkylation sites (tertiary alicyclic amines) is 1. The van der Waals surface area contributed by atoms with Crippen molar-refractivity contribution in [2.24, 2.45) is 5.41 Å². The van der Waals surface area contributed by atoms with E-state index in [2.05, 4.69) is 30.9 Å². The number of carbonyl (C=O) groups excluding carboxylic acids is 1. The maximum absolute atomic E-state index is 13.5. The standard InChI is InChI=1S/C17H16ClF2N7O2/c1-8(14(28)27-5-4-16(7-27)6-17(16,19)20)21-15-25-24-13(29-15)9-2-3-10(18)12-11(9)22-26-23-12/h2-3,8H,4-7H2,1H3,(H,21,25)(H,22,23,26)/t8-,16-/m0/s1. The predicted octanol–water partition coefficient (Wildman–Crippen LogP) is 2.72. The number of rotatable bonds is 4. The van der Waals surface area contributed by atoms with Crippen molar-refractivity contribution in [3.05, 3.63) is 17.2 Å². The number of carbonyl (C=O) groups is 1. The lowest BCUT2D eigenvalue weighted by Gasteiger charge is -2.21. The Morgan fingerprint density at radius 1 is 1.34 bits per heavy atom. The van der Waals surface area contributed by atoms with Crippen molar-refractivity contribution in [3.63, 3.8) is 0 Å². The summed E-state index contributed by atoms with van der Waals surface area (Å²) in [7, 11) is 0. The zero-order chi connectivity index (χ0) is 20.4. The molecule has 1 aliphatic heterocycles. The Hall–Kier alpha value is -2.82. The van der Waals surface area contributed by atoms with Gasteiger partial charge in [0.2, 0.25) is 5.91 Å². The van der Waals surface area contributed by atoms with Gasteiger partial charge in [-0.1, -0.05) is 16.7 Å². The van der Waals surface area contributed by atoms with Gasteiger partial charge in [0.05, 0.1) is 16.0 Å². The highest BCUT2D eigenvalue weighted by Gasteiger charge is 2.73. The topological polar surface area (TPSA) is 113 Å². The quantitative estimate of drug-likeness (QED) is 0.663. The molecular formula is C17H16ClF2N7O2. The van der Waals surface area contributed by atoms with E-state index in [1.807, 2.05) is 0 Å². The van der Waals surface area contributed by atoms with Crippen LogP contribution >= 0.6 is 11.6 Å². The van der Waals surface area contributed by atoms with Crippen LogP contribution in [0.3, 0.4) is 0 Å². The zero-order valence-electron chi connectivity index (χ0n) is 15.2. The lowest BCUT2D eigenvalue weighted by Crippen LogP contribution is -2.40. The number of H-pyrrole nitrogens is 1. The van der Waals surface area contributed by atoms with Gasteiger partial charge < -0.3 is 14.6 Å². The van der Waals surface area contributed by atoms with Crippen LogP contribution in [0, 0.1) is 5.41 Å². The van der Waals surface area contributed by atoms with Crippen LogP contribution in [0.1, 0.15) is 19.8 Å². The molecule has 1 aromatic carbocycles. The van der Waals surface area contributed by atoms with E-state index in [-0.39, 0.29) is 30.8 Å². The van der Waals surface area contributed by atoms with Gasteiger partial charge in [0.25, 0.3) is 11.8 Å². The first-order valence-electron chi connectivity index (χ1n) is 9.06.